The summed E-state index contributed by atoms with van der Waals surface area (Å²) in [6.45, 7) is 6.54. The number of para-hydroxylation sites is 1. The van der Waals surface area contributed by atoms with E-state index in [1.54, 1.807) is 7.11 Å². The first-order valence-corrected chi connectivity index (χ1v) is 5.60. The lowest BCUT2D eigenvalue weighted by molar-refractivity contribution is 0.221. The summed E-state index contributed by atoms with van der Waals surface area (Å²) in [6.07, 6.45) is 5.65. The molecule has 0 fully saturated rings. The van der Waals surface area contributed by atoms with Crippen molar-refractivity contribution in [3.05, 3.63) is 35.9 Å². The molecule has 17 heavy (non-hydrogen) atoms. The Hall–Kier alpha value is -1.88. The number of fused-ring (bicyclic) bond motifs is 1. The van der Waals surface area contributed by atoms with Crippen LogP contribution in [0.3, 0.4) is 0 Å². The predicted octanol–water partition coefficient (Wildman–Crippen LogP) is 3.00. The fraction of sp³-hybridized carbons (Fsp3) is 0.333. The maximum absolute atomic E-state index is 5.77. The molecule has 0 aliphatic carbocycles. The average Bonchev–Trinajstić information content (AvgIpc) is 2.36. The van der Waals surface area contributed by atoms with E-state index >= 15 is 0 Å². The van der Waals surface area contributed by atoms with Crippen molar-refractivity contribution in [2.45, 2.75) is 12.8 Å². The summed E-state index contributed by atoms with van der Waals surface area (Å²) in [5.41, 5.74) is 2.08. The van der Waals surface area contributed by atoms with E-state index in [1.165, 1.54) is 0 Å². The molecule has 0 N–H and O–H groups in total. The number of methoxy groups -OCH3 is 1. The van der Waals surface area contributed by atoms with Gasteiger partial charge in [-0.15, -0.1) is 6.42 Å². The van der Waals surface area contributed by atoms with Crippen LogP contribution in [0.5, 0.6) is 11.5 Å². The Kier molecular flexibility index (Phi) is 3.10. The Labute approximate surface area is 102 Å². The molecule has 2 nitrogen and oxygen atoms in total. The molecule has 0 saturated heterocycles. The van der Waals surface area contributed by atoms with Crippen molar-refractivity contribution >= 4 is 0 Å². The zero-order chi connectivity index (χ0) is 12.4. The molecule has 0 radical (unpaired) electrons. The van der Waals surface area contributed by atoms with Crippen LogP contribution < -0.4 is 9.47 Å². The van der Waals surface area contributed by atoms with Crippen molar-refractivity contribution in [2.24, 2.45) is 5.92 Å². The Bertz CT molecular complexity index is 482. The highest BCUT2D eigenvalue weighted by atomic mass is 16.5. The van der Waals surface area contributed by atoms with Crippen LogP contribution in [-0.4, -0.2) is 13.7 Å². The van der Waals surface area contributed by atoms with E-state index in [0.717, 1.165) is 22.6 Å². The lowest BCUT2D eigenvalue weighted by Crippen LogP contribution is -2.26. The summed E-state index contributed by atoms with van der Waals surface area (Å²) in [6, 6.07) is 5.82. The van der Waals surface area contributed by atoms with Gasteiger partial charge in [0.15, 0.2) is 11.5 Å². The van der Waals surface area contributed by atoms with Gasteiger partial charge in [-0.1, -0.05) is 30.2 Å². The minimum Gasteiger partial charge on any atom is -0.493 e. The van der Waals surface area contributed by atoms with Gasteiger partial charge in [-0.3, -0.25) is 0 Å². The van der Waals surface area contributed by atoms with E-state index in [0.29, 0.717) is 6.61 Å². The van der Waals surface area contributed by atoms with Gasteiger partial charge in [0, 0.05) is 11.5 Å². The lowest BCUT2D eigenvalue weighted by atomic mass is 9.81. The van der Waals surface area contributed by atoms with Gasteiger partial charge in [0.05, 0.1) is 19.6 Å². The zero-order valence-corrected chi connectivity index (χ0v) is 10.2. The van der Waals surface area contributed by atoms with Crippen LogP contribution in [0.25, 0.3) is 0 Å². The fourth-order valence-corrected chi connectivity index (χ4v) is 2.21. The SMILES string of the molecule is C#C[C@@H]1c2cccc(OC)c2OC[C@H]1C(=C)C. The monoisotopic (exact) mass is 228 g/mol. The summed E-state index contributed by atoms with van der Waals surface area (Å²) < 4.78 is 11.1. The minimum atomic E-state index is 0.0198. The molecule has 0 bridgehead atoms. The summed E-state index contributed by atoms with van der Waals surface area (Å²) >= 11 is 0. The van der Waals surface area contributed by atoms with E-state index < -0.39 is 0 Å². The van der Waals surface area contributed by atoms with Gasteiger partial charge in [0.1, 0.15) is 0 Å². The van der Waals surface area contributed by atoms with Gasteiger partial charge >= 0.3 is 0 Å². The number of hydrogen-bond donors (Lipinski definition) is 0. The topological polar surface area (TPSA) is 18.5 Å². The van der Waals surface area contributed by atoms with Crippen LogP contribution in [0.1, 0.15) is 18.4 Å². The second-order valence-corrected chi connectivity index (χ2v) is 4.29. The Morgan fingerprint density at radius 2 is 2.35 bits per heavy atom. The molecule has 88 valence electrons. The molecule has 0 spiro atoms. The van der Waals surface area contributed by atoms with E-state index in [1.807, 2.05) is 25.1 Å². The molecule has 1 aliphatic heterocycles. The second-order valence-electron chi connectivity index (χ2n) is 4.29. The van der Waals surface area contributed by atoms with Crippen molar-refractivity contribution in [1.82, 2.24) is 0 Å². The van der Waals surface area contributed by atoms with Gasteiger partial charge in [-0.25, -0.2) is 0 Å². The van der Waals surface area contributed by atoms with Gasteiger partial charge in [0.2, 0.25) is 0 Å². The first kappa shape index (κ1) is 11.6. The maximum Gasteiger partial charge on any atom is 0.165 e. The molecule has 1 aliphatic rings. The van der Waals surface area contributed by atoms with Crippen LogP contribution in [0.2, 0.25) is 0 Å². The van der Waals surface area contributed by atoms with Gasteiger partial charge in [0.25, 0.3) is 0 Å². The molecule has 0 unspecified atom stereocenters. The highest BCUT2D eigenvalue weighted by molar-refractivity contribution is 5.52. The summed E-state index contributed by atoms with van der Waals surface area (Å²) in [5.74, 6) is 4.56. The molecule has 2 rings (SSSR count). The van der Waals surface area contributed by atoms with Crippen molar-refractivity contribution in [2.75, 3.05) is 13.7 Å². The third-order valence-electron chi connectivity index (χ3n) is 3.19. The van der Waals surface area contributed by atoms with Crippen molar-refractivity contribution < 1.29 is 9.47 Å². The van der Waals surface area contributed by atoms with Crippen molar-refractivity contribution in [1.29, 1.82) is 0 Å². The van der Waals surface area contributed by atoms with Crippen LogP contribution in [0.15, 0.2) is 30.4 Å². The summed E-state index contributed by atoms with van der Waals surface area (Å²) in [7, 11) is 1.63. The fourth-order valence-electron chi connectivity index (χ4n) is 2.21. The average molecular weight is 228 g/mol. The molecule has 0 amide bonds. The zero-order valence-electron chi connectivity index (χ0n) is 10.2. The van der Waals surface area contributed by atoms with Crippen molar-refractivity contribution in [3.63, 3.8) is 0 Å². The van der Waals surface area contributed by atoms with Crippen LogP contribution >= 0.6 is 0 Å². The molecular weight excluding hydrogens is 212 g/mol. The summed E-state index contributed by atoms with van der Waals surface area (Å²) in [4.78, 5) is 0. The van der Waals surface area contributed by atoms with Crippen molar-refractivity contribution in [3.8, 4) is 23.8 Å². The molecule has 1 aromatic rings. The van der Waals surface area contributed by atoms with Crippen LogP contribution in [-0.2, 0) is 0 Å². The number of rotatable bonds is 2. The van der Waals surface area contributed by atoms with Crippen LogP contribution in [0, 0.1) is 18.3 Å². The van der Waals surface area contributed by atoms with E-state index in [9.17, 15) is 0 Å². The number of hydrogen-bond acceptors (Lipinski definition) is 2. The molecule has 1 heterocycles. The third-order valence-corrected chi connectivity index (χ3v) is 3.19. The highest BCUT2D eigenvalue weighted by Gasteiger charge is 2.31. The Morgan fingerprint density at radius 1 is 1.59 bits per heavy atom. The largest absolute Gasteiger partial charge is 0.493 e. The quantitative estimate of drug-likeness (QED) is 0.572. The van der Waals surface area contributed by atoms with Gasteiger partial charge in [-0.2, -0.15) is 0 Å². The van der Waals surface area contributed by atoms with E-state index in [-0.39, 0.29) is 11.8 Å². The third kappa shape index (κ3) is 1.89. The second kappa shape index (κ2) is 4.55. The Balaban J connectivity index is 2.50. The normalized spacial score (nSPS) is 21.9. The Morgan fingerprint density at radius 3 is 2.94 bits per heavy atom. The highest BCUT2D eigenvalue weighted by Crippen LogP contribution is 2.43. The molecule has 0 saturated carbocycles. The standard InChI is InChI=1S/C15H16O2/c1-5-11-12-7-6-8-14(16-4)15(12)17-9-13(11)10(2)3/h1,6-8,11,13H,2,9H2,3-4H3/t11-,13+/m1/s1. The molecule has 2 heteroatoms. The maximum atomic E-state index is 5.77. The lowest BCUT2D eigenvalue weighted by Gasteiger charge is -2.31. The van der Waals surface area contributed by atoms with Gasteiger partial charge < -0.3 is 9.47 Å². The number of ether oxygens (including phenoxy) is 2. The number of terminal acetylenes is 1. The molecular formula is C15H16O2. The van der Waals surface area contributed by atoms with E-state index in [2.05, 4.69) is 12.5 Å². The first-order chi connectivity index (χ1) is 8.19. The smallest absolute Gasteiger partial charge is 0.165 e. The summed E-state index contributed by atoms with van der Waals surface area (Å²) in [5, 5.41) is 0. The molecule has 2 atom stereocenters. The first-order valence-electron chi connectivity index (χ1n) is 5.60. The molecule has 1 aromatic carbocycles. The van der Waals surface area contributed by atoms with Gasteiger partial charge in [-0.05, 0) is 13.0 Å². The van der Waals surface area contributed by atoms with E-state index in [4.69, 9.17) is 15.9 Å². The van der Waals surface area contributed by atoms with Crippen LogP contribution in [0.4, 0.5) is 0 Å². The predicted molar refractivity (Wildman–Crippen MR) is 68.4 cm³/mol. The molecule has 0 aromatic heterocycles. The number of benzene rings is 1. The minimum absolute atomic E-state index is 0.0198.